The molecule has 3 unspecified atom stereocenters. The summed E-state index contributed by atoms with van der Waals surface area (Å²) in [4.78, 5) is 0.246. The Balaban J connectivity index is 2.43. The minimum atomic E-state index is -3.53. The summed E-state index contributed by atoms with van der Waals surface area (Å²) in [5.74, 6) is 6.16. The van der Waals surface area contributed by atoms with Crippen molar-refractivity contribution < 1.29 is 8.42 Å². The van der Waals surface area contributed by atoms with Crippen LogP contribution in [0, 0.1) is 11.8 Å². The molecule has 0 aliphatic carbocycles. The zero-order valence-corrected chi connectivity index (χ0v) is 13.0. The van der Waals surface area contributed by atoms with Gasteiger partial charge >= 0.3 is 0 Å². The van der Waals surface area contributed by atoms with E-state index in [0.717, 1.165) is 6.42 Å². The van der Waals surface area contributed by atoms with Crippen molar-refractivity contribution >= 4 is 15.7 Å². The van der Waals surface area contributed by atoms with Crippen LogP contribution in [0.4, 0.5) is 5.69 Å². The van der Waals surface area contributed by atoms with Gasteiger partial charge in [-0.05, 0) is 37.3 Å². The first kappa shape index (κ1) is 15.3. The number of hydrogen-bond acceptors (Lipinski definition) is 4. The average Bonchev–Trinajstić information content (AvgIpc) is 2.42. The fourth-order valence-electron chi connectivity index (χ4n) is 2.92. The molecule has 112 valence electrons. The van der Waals surface area contributed by atoms with Crippen molar-refractivity contribution in [3.8, 4) is 0 Å². The van der Waals surface area contributed by atoms with Crippen LogP contribution in [0.3, 0.4) is 0 Å². The number of nitrogens with one attached hydrogen (secondary N) is 1. The number of anilines is 1. The zero-order chi connectivity index (χ0) is 14.9. The van der Waals surface area contributed by atoms with Gasteiger partial charge < -0.3 is 5.43 Å². The molecule has 3 atom stereocenters. The van der Waals surface area contributed by atoms with Gasteiger partial charge in [0.15, 0.2) is 0 Å². The summed E-state index contributed by atoms with van der Waals surface area (Å²) < 4.78 is 27.4. The summed E-state index contributed by atoms with van der Waals surface area (Å²) in [7, 11) is -3.53. The van der Waals surface area contributed by atoms with Gasteiger partial charge in [-0.25, -0.2) is 8.42 Å². The van der Waals surface area contributed by atoms with Crippen molar-refractivity contribution in [3.63, 3.8) is 0 Å². The van der Waals surface area contributed by atoms with Crippen LogP contribution in [-0.4, -0.2) is 25.3 Å². The molecule has 1 aromatic rings. The summed E-state index contributed by atoms with van der Waals surface area (Å²) in [5, 5.41) is 0. The average molecular weight is 297 g/mol. The van der Waals surface area contributed by atoms with Gasteiger partial charge in [0.1, 0.15) is 4.90 Å². The third-order valence-electron chi connectivity index (χ3n) is 4.17. The zero-order valence-electron chi connectivity index (χ0n) is 12.2. The van der Waals surface area contributed by atoms with Gasteiger partial charge in [0.2, 0.25) is 10.0 Å². The van der Waals surface area contributed by atoms with Gasteiger partial charge in [-0.3, -0.25) is 5.84 Å². The van der Waals surface area contributed by atoms with Crippen LogP contribution < -0.4 is 11.3 Å². The molecule has 20 heavy (non-hydrogen) atoms. The lowest BCUT2D eigenvalue weighted by molar-refractivity contribution is 0.157. The molecule has 1 fully saturated rings. The Kier molecular flexibility index (Phi) is 4.36. The Bertz CT molecular complexity index is 574. The third-order valence-corrected chi connectivity index (χ3v) is 6.18. The van der Waals surface area contributed by atoms with Gasteiger partial charge in [-0.1, -0.05) is 26.0 Å². The highest BCUT2D eigenvalue weighted by Gasteiger charge is 2.37. The fraction of sp³-hybridized carbons (Fsp3) is 0.571. The molecule has 1 saturated heterocycles. The second kappa shape index (κ2) is 5.71. The Labute approximate surface area is 121 Å². The number of para-hydroxylation sites is 1. The maximum atomic E-state index is 12.9. The molecule has 1 heterocycles. The van der Waals surface area contributed by atoms with E-state index in [1.807, 2.05) is 6.92 Å². The highest BCUT2D eigenvalue weighted by atomic mass is 32.2. The number of hydrogen-bond donors (Lipinski definition) is 2. The lowest BCUT2D eigenvalue weighted by Crippen LogP contribution is -2.48. The number of piperidine rings is 1. The van der Waals surface area contributed by atoms with Crippen LogP contribution in [-0.2, 0) is 10.0 Å². The molecular weight excluding hydrogens is 274 g/mol. The molecule has 0 radical (unpaired) electrons. The van der Waals surface area contributed by atoms with Crippen molar-refractivity contribution in [1.29, 1.82) is 0 Å². The van der Waals surface area contributed by atoms with Gasteiger partial charge in [0.25, 0.3) is 0 Å². The predicted octanol–water partition coefficient (Wildman–Crippen LogP) is 2.03. The third kappa shape index (κ3) is 2.68. The number of nitrogens with two attached hydrogens (primary N) is 1. The number of hydrazine groups is 1. The van der Waals surface area contributed by atoms with E-state index < -0.39 is 10.0 Å². The lowest BCUT2D eigenvalue weighted by atomic mass is 9.88. The van der Waals surface area contributed by atoms with Crippen molar-refractivity contribution in [2.75, 3.05) is 12.0 Å². The van der Waals surface area contributed by atoms with Crippen LogP contribution >= 0.6 is 0 Å². The smallest absolute Gasteiger partial charge is 0.245 e. The molecule has 2 rings (SSSR count). The lowest BCUT2D eigenvalue weighted by Gasteiger charge is -2.40. The van der Waals surface area contributed by atoms with Crippen molar-refractivity contribution in [2.45, 2.75) is 38.1 Å². The van der Waals surface area contributed by atoms with E-state index in [0.29, 0.717) is 24.1 Å². The molecule has 1 aliphatic rings. The van der Waals surface area contributed by atoms with Crippen LogP contribution in [0.25, 0.3) is 0 Å². The first-order valence-electron chi connectivity index (χ1n) is 6.95. The maximum Gasteiger partial charge on any atom is 0.245 e. The molecule has 0 aromatic heterocycles. The number of nitrogen functional groups attached to an aromatic ring is 1. The number of rotatable bonds is 3. The molecule has 6 heteroatoms. The summed E-state index contributed by atoms with van der Waals surface area (Å²) in [6, 6.07) is 6.76. The molecule has 0 spiro atoms. The molecular formula is C14H23N3O2S. The molecule has 0 amide bonds. The van der Waals surface area contributed by atoms with Crippen LogP contribution in [0.5, 0.6) is 0 Å². The second-order valence-corrected chi connectivity index (χ2v) is 7.63. The monoisotopic (exact) mass is 297 g/mol. The van der Waals surface area contributed by atoms with E-state index in [1.54, 1.807) is 28.6 Å². The molecule has 5 nitrogen and oxygen atoms in total. The van der Waals surface area contributed by atoms with Crippen LogP contribution in [0.15, 0.2) is 29.2 Å². The standard InChI is InChI=1S/C14H23N3O2S/c1-10-8-11(2)12(3)17(9-10)20(18,19)14-7-5-4-6-13(14)16-15/h4-7,10-12,16H,8-9,15H2,1-3H3. The Morgan fingerprint density at radius 3 is 2.55 bits per heavy atom. The molecule has 1 aliphatic heterocycles. The molecule has 0 saturated carbocycles. The quantitative estimate of drug-likeness (QED) is 0.661. The molecule has 1 aromatic carbocycles. The van der Waals surface area contributed by atoms with Gasteiger partial charge in [-0.15, -0.1) is 0 Å². The number of sulfonamides is 1. The van der Waals surface area contributed by atoms with E-state index >= 15 is 0 Å². The summed E-state index contributed by atoms with van der Waals surface area (Å²) in [5.41, 5.74) is 2.91. The first-order valence-corrected chi connectivity index (χ1v) is 8.39. The van der Waals surface area contributed by atoms with E-state index in [1.165, 1.54) is 0 Å². The van der Waals surface area contributed by atoms with Gasteiger partial charge in [0, 0.05) is 12.6 Å². The number of nitrogens with zero attached hydrogens (tertiary/aromatic N) is 1. The SMILES string of the molecule is CC1CC(C)C(C)N(S(=O)(=O)c2ccccc2NN)C1. The molecule has 3 N–H and O–H groups in total. The highest BCUT2D eigenvalue weighted by molar-refractivity contribution is 7.89. The van der Waals surface area contributed by atoms with E-state index in [2.05, 4.69) is 19.3 Å². The van der Waals surface area contributed by atoms with Gasteiger partial charge in [0.05, 0.1) is 5.69 Å². The Morgan fingerprint density at radius 1 is 1.25 bits per heavy atom. The van der Waals surface area contributed by atoms with Crippen molar-refractivity contribution in [1.82, 2.24) is 4.31 Å². The normalized spacial score (nSPS) is 28.3. The Hall–Kier alpha value is -1.11. The van der Waals surface area contributed by atoms with Crippen molar-refractivity contribution in [3.05, 3.63) is 24.3 Å². The summed E-state index contributed by atoms with van der Waals surface area (Å²) in [6.45, 7) is 6.74. The summed E-state index contributed by atoms with van der Waals surface area (Å²) >= 11 is 0. The van der Waals surface area contributed by atoms with E-state index in [4.69, 9.17) is 5.84 Å². The number of benzene rings is 1. The largest absolute Gasteiger partial charge is 0.323 e. The van der Waals surface area contributed by atoms with E-state index in [9.17, 15) is 8.42 Å². The first-order chi connectivity index (χ1) is 9.37. The fourth-order valence-corrected chi connectivity index (χ4v) is 4.92. The second-order valence-electron chi connectivity index (χ2n) is 5.77. The molecule has 0 bridgehead atoms. The minimum Gasteiger partial charge on any atom is -0.323 e. The predicted molar refractivity (Wildman–Crippen MR) is 80.6 cm³/mol. The minimum absolute atomic E-state index is 0.00188. The highest BCUT2D eigenvalue weighted by Crippen LogP contribution is 2.33. The van der Waals surface area contributed by atoms with E-state index in [-0.39, 0.29) is 10.9 Å². The van der Waals surface area contributed by atoms with Crippen LogP contribution in [0.2, 0.25) is 0 Å². The van der Waals surface area contributed by atoms with Crippen molar-refractivity contribution in [2.24, 2.45) is 17.7 Å². The maximum absolute atomic E-state index is 12.9. The Morgan fingerprint density at radius 2 is 1.90 bits per heavy atom. The summed E-state index contributed by atoms with van der Waals surface area (Å²) in [6.07, 6.45) is 1.06. The van der Waals surface area contributed by atoms with Crippen LogP contribution in [0.1, 0.15) is 27.2 Å². The van der Waals surface area contributed by atoms with Gasteiger partial charge in [-0.2, -0.15) is 4.31 Å². The topological polar surface area (TPSA) is 75.4 Å².